The molecular weight excluding hydrogens is 704 g/mol. The zero-order chi connectivity index (χ0) is 39.3. The Labute approximate surface area is 325 Å². The summed E-state index contributed by atoms with van der Waals surface area (Å²) >= 11 is 0. The maximum atomic E-state index is 12.6. The monoisotopic (exact) mass is 762 g/mol. The number of fused-ring (bicyclic) bond motifs is 1. The van der Waals surface area contributed by atoms with Crippen LogP contribution in [0.15, 0.2) is 66.7 Å². The average molecular weight is 763 g/mol. The van der Waals surface area contributed by atoms with Crippen molar-refractivity contribution in [2.45, 2.75) is 44.9 Å². The third kappa shape index (κ3) is 11.0. The number of hydrogen-bond acceptors (Lipinski definition) is 10. The number of morpholine rings is 1. The Morgan fingerprint density at radius 1 is 0.727 bits per heavy atom. The van der Waals surface area contributed by atoms with Crippen LogP contribution in [0.5, 0.6) is 23.0 Å². The van der Waals surface area contributed by atoms with Crippen LogP contribution in [0, 0.1) is 0 Å². The van der Waals surface area contributed by atoms with E-state index in [1.807, 2.05) is 30.3 Å². The third-order valence-corrected chi connectivity index (χ3v) is 11.1. The van der Waals surface area contributed by atoms with E-state index in [1.54, 1.807) is 28.4 Å². The van der Waals surface area contributed by atoms with Gasteiger partial charge in [0, 0.05) is 49.0 Å². The molecule has 298 valence electrons. The molecule has 0 spiro atoms. The van der Waals surface area contributed by atoms with Crippen molar-refractivity contribution in [1.82, 2.24) is 0 Å². The first-order valence-corrected chi connectivity index (χ1v) is 19.1. The number of quaternary nitrogens is 2. The van der Waals surface area contributed by atoms with Crippen molar-refractivity contribution in [3.63, 3.8) is 0 Å². The summed E-state index contributed by atoms with van der Waals surface area (Å²) in [6.45, 7) is 6.89. The van der Waals surface area contributed by atoms with Crippen molar-refractivity contribution >= 4 is 11.9 Å². The third-order valence-electron chi connectivity index (χ3n) is 11.1. The van der Waals surface area contributed by atoms with Crippen molar-refractivity contribution in [2.75, 3.05) is 94.6 Å². The number of aliphatic hydroxyl groups is 1. The molecule has 1 saturated heterocycles. The van der Waals surface area contributed by atoms with Gasteiger partial charge < -0.3 is 47.2 Å². The fourth-order valence-corrected chi connectivity index (χ4v) is 7.96. The van der Waals surface area contributed by atoms with Crippen LogP contribution in [0.3, 0.4) is 0 Å². The molecule has 1 fully saturated rings. The molecule has 3 aromatic rings. The quantitative estimate of drug-likeness (QED) is 0.0777. The van der Waals surface area contributed by atoms with Gasteiger partial charge in [-0.2, -0.15) is 0 Å². The summed E-state index contributed by atoms with van der Waals surface area (Å²) in [6.07, 6.45) is 5.27. The van der Waals surface area contributed by atoms with E-state index in [2.05, 4.69) is 31.3 Å². The van der Waals surface area contributed by atoms with Gasteiger partial charge in [-0.1, -0.05) is 24.3 Å². The lowest BCUT2D eigenvalue weighted by atomic mass is 9.85. The fraction of sp³-hybridized carbons (Fsp3) is 0.488. The predicted molar refractivity (Wildman–Crippen MR) is 207 cm³/mol. The molecule has 0 aromatic heterocycles. The minimum atomic E-state index is -0.574. The highest BCUT2D eigenvalue weighted by Crippen LogP contribution is 2.39. The van der Waals surface area contributed by atoms with Gasteiger partial charge in [0.1, 0.15) is 25.7 Å². The molecule has 12 nitrogen and oxygen atoms in total. The Kier molecular flexibility index (Phi) is 15.0. The first-order chi connectivity index (χ1) is 26.6. The van der Waals surface area contributed by atoms with Gasteiger partial charge in [-0.15, -0.1) is 0 Å². The molecule has 0 bridgehead atoms. The molecule has 0 unspecified atom stereocenters. The molecule has 2 aliphatic heterocycles. The molecule has 0 radical (unpaired) electrons. The van der Waals surface area contributed by atoms with Gasteiger partial charge in [-0.3, -0.25) is 0 Å². The number of rotatable bonds is 19. The van der Waals surface area contributed by atoms with Gasteiger partial charge in [-0.05, 0) is 47.0 Å². The smallest absolute Gasteiger partial charge is 0.331 e. The molecule has 0 saturated carbocycles. The summed E-state index contributed by atoms with van der Waals surface area (Å²) in [5.74, 6) is 1.62. The van der Waals surface area contributed by atoms with Crippen LogP contribution in [-0.2, 0) is 49.8 Å². The van der Waals surface area contributed by atoms with E-state index in [9.17, 15) is 14.7 Å². The van der Waals surface area contributed by atoms with Crippen LogP contribution >= 0.6 is 0 Å². The van der Waals surface area contributed by atoms with E-state index >= 15 is 0 Å². The molecule has 0 amide bonds. The Hall–Kier alpha value is -4.62. The van der Waals surface area contributed by atoms with Crippen molar-refractivity contribution < 1.29 is 56.8 Å². The number of likely N-dealkylation sites (N-methyl/N-ethyl adjacent to an activating group) is 1. The van der Waals surface area contributed by atoms with Crippen LogP contribution in [0.2, 0.25) is 0 Å². The lowest BCUT2D eigenvalue weighted by molar-refractivity contribution is -0.947. The van der Waals surface area contributed by atoms with Gasteiger partial charge >= 0.3 is 11.9 Å². The number of ether oxygens (including phenoxy) is 7. The summed E-state index contributed by atoms with van der Waals surface area (Å²) in [5, 5.41) is 9.76. The van der Waals surface area contributed by atoms with Gasteiger partial charge in [0.05, 0.1) is 88.2 Å². The topological polar surface area (TPSA) is 119 Å². The van der Waals surface area contributed by atoms with Gasteiger partial charge in [0.25, 0.3) is 0 Å². The lowest BCUT2D eigenvalue weighted by Crippen LogP contribution is -2.55. The van der Waals surface area contributed by atoms with Crippen molar-refractivity contribution in [3.05, 3.63) is 94.6 Å². The van der Waals surface area contributed by atoms with Crippen LogP contribution in [-0.4, -0.2) is 121 Å². The second-order valence-corrected chi connectivity index (χ2v) is 14.6. The fourth-order valence-electron chi connectivity index (χ4n) is 7.96. The zero-order valence-corrected chi connectivity index (χ0v) is 33.1. The number of carbonyl (C=O) groups excluding carboxylic acids is 2. The standard InChI is InChI=1S/C43H58N2O10/c1-44(19-16-35-26-34(31-46)8-11-36(35)37(44)27-32-9-12-38(49-2)40(28-32)51-4)17-6-22-54-42(47)14-15-43(48)55-23-7-18-45(20-24-53-25-21-45)30-33-10-13-39(50-3)41(29-33)52-5/h8-15,26,28-29,37,46H,6-7,16-25,27,30-31H2,1-5H3/q+2/b15-14-/t37-,44-/m1/s1. The normalized spacial score (nSPS) is 19.0. The zero-order valence-electron chi connectivity index (χ0n) is 33.1. The molecule has 3 aromatic carbocycles. The SMILES string of the molecule is COc1ccc(C[C@@H]2c3ccc(CO)cc3CC[N@@+]2(C)CCCOC(=O)/C=C\C(=O)OCCC[N+]2(Cc3ccc(OC)c(OC)c3)CCOCC2)cc1OC. The molecule has 55 heavy (non-hydrogen) atoms. The minimum Gasteiger partial charge on any atom is -0.493 e. The number of nitrogens with zero attached hydrogens (tertiary/aromatic N) is 2. The highest BCUT2D eigenvalue weighted by Gasteiger charge is 2.39. The largest absolute Gasteiger partial charge is 0.493 e. The van der Waals surface area contributed by atoms with Crippen LogP contribution in [0.25, 0.3) is 0 Å². The van der Waals surface area contributed by atoms with Crippen LogP contribution < -0.4 is 18.9 Å². The van der Waals surface area contributed by atoms with Gasteiger partial charge in [0.2, 0.25) is 0 Å². The first-order valence-electron chi connectivity index (χ1n) is 19.1. The maximum absolute atomic E-state index is 12.6. The lowest BCUT2D eigenvalue weighted by Gasteiger charge is -2.46. The van der Waals surface area contributed by atoms with E-state index < -0.39 is 11.9 Å². The summed E-state index contributed by atoms with van der Waals surface area (Å²) in [4.78, 5) is 25.0. The van der Waals surface area contributed by atoms with E-state index in [0.29, 0.717) is 49.1 Å². The molecule has 5 rings (SSSR count). The first kappa shape index (κ1) is 41.5. The predicted octanol–water partition coefficient (Wildman–Crippen LogP) is 4.97. The second-order valence-electron chi connectivity index (χ2n) is 14.6. The van der Waals surface area contributed by atoms with Gasteiger partial charge in [-0.25, -0.2) is 9.59 Å². The number of hydrogen-bond donors (Lipinski definition) is 1. The number of carbonyl (C=O) groups is 2. The number of benzene rings is 3. The Bertz CT molecular complexity index is 1770. The Morgan fingerprint density at radius 3 is 1.89 bits per heavy atom. The van der Waals surface area contributed by atoms with Crippen LogP contribution in [0.4, 0.5) is 0 Å². The molecule has 2 atom stereocenters. The molecule has 1 N–H and O–H groups in total. The van der Waals surface area contributed by atoms with E-state index in [1.165, 1.54) is 11.1 Å². The van der Waals surface area contributed by atoms with E-state index in [0.717, 1.165) is 89.9 Å². The number of methoxy groups -OCH3 is 4. The van der Waals surface area contributed by atoms with E-state index in [4.69, 9.17) is 33.2 Å². The highest BCUT2D eigenvalue weighted by molar-refractivity contribution is 5.91. The van der Waals surface area contributed by atoms with Crippen LogP contribution in [0.1, 0.15) is 46.7 Å². The van der Waals surface area contributed by atoms with Crippen molar-refractivity contribution in [3.8, 4) is 23.0 Å². The molecule has 12 heteroatoms. The molecular formula is C43H58N2O10+2. The molecule has 2 heterocycles. The Morgan fingerprint density at radius 2 is 1.29 bits per heavy atom. The van der Waals surface area contributed by atoms with E-state index in [-0.39, 0.29) is 25.9 Å². The summed E-state index contributed by atoms with van der Waals surface area (Å²) < 4.78 is 40.1. The summed E-state index contributed by atoms with van der Waals surface area (Å²) in [6, 6.07) is 18.4. The second kappa shape index (κ2) is 19.8. The summed E-state index contributed by atoms with van der Waals surface area (Å²) in [7, 11) is 8.78. The number of esters is 2. The average Bonchev–Trinajstić information content (AvgIpc) is 3.21. The molecule has 0 aliphatic carbocycles. The molecule has 2 aliphatic rings. The maximum Gasteiger partial charge on any atom is 0.331 e. The summed E-state index contributed by atoms with van der Waals surface area (Å²) in [5.41, 5.74) is 5.70. The van der Waals surface area contributed by atoms with Crippen molar-refractivity contribution in [2.24, 2.45) is 0 Å². The van der Waals surface area contributed by atoms with Gasteiger partial charge in [0.15, 0.2) is 23.0 Å². The van der Waals surface area contributed by atoms with Crippen molar-refractivity contribution in [1.29, 1.82) is 0 Å². The Balaban J connectivity index is 1.09. The highest BCUT2D eigenvalue weighted by atomic mass is 16.5. The minimum absolute atomic E-state index is 0.0101. The number of aliphatic hydroxyl groups excluding tert-OH is 1.